The van der Waals surface area contributed by atoms with Gasteiger partial charge in [0.2, 0.25) is 0 Å². The lowest BCUT2D eigenvalue weighted by Gasteiger charge is -2.06. The number of aliphatic hydroxyl groups is 1. The van der Waals surface area contributed by atoms with Gasteiger partial charge in [-0.15, -0.1) is 16.4 Å². The molecule has 0 saturated heterocycles. The number of thiophene rings is 1. The smallest absolute Gasteiger partial charge is 0.263 e. The van der Waals surface area contributed by atoms with Crippen LogP contribution in [0.15, 0.2) is 0 Å². The number of carbonyl (C=O) groups excluding carboxylic acids is 1. The molecule has 0 aliphatic rings. The highest BCUT2D eigenvalue weighted by molar-refractivity contribution is 7.21. The van der Waals surface area contributed by atoms with Crippen LogP contribution in [0, 0.1) is 13.8 Å². The minimum absolute atomic E-state index is 0.196. The van der Waals surface area contributed by atoms with Crippen LogP contribution in [0.3, 0.4) is 0 Å². The number of nitrogens with zero attached hydrogens (tertiary/aromatic N) is 2. The quantitative estimate of drug-likeness (QED) is 0.731. The summed E-state index contributed by atoms with van der Waals surface area (Å²) < 4.78 is 0. The second-order valence-electron chi connectivity index (χ2n) is 5.18. The lowest BCUT2D eigenvalue weighted by atomic mass is 10.1. The summed E-state index contributed by atoms with van der Waals surface area (Å²) in [7, 11) is 0. The molecule has 1 unspecified atom stereocenters. The van der Waals surface area contributed by atoms with Crippen molar-refractivity contribution in [1.29, 1.82) is 0 Å². The van der Waals surface area contributed by atoms with Crippen LogP contribution in [0.4, 0.5) is 5.69 Å². The maximum absolute atomic E-state index is 12.2. The Morgan fingerprint density at radius 2 is 2.14 bits per heavy atom. The number of anilines is 1. The van der Waals surface area contributed by atoms with E-state index in [0.717, 1.165) is 23.1 Å². The van der Waals surface area contributed by atoms with Gasteiger partial charge in [-0.1, -0.05) is 0 Å². The summed E-state index contributed by atoms with van der Waals surface area (Å²) in [5.74, 6) is -0.196. The number of hydrogen-bond donors (Lipinski definition) is 3. The number of carbonyl (C=O) groups is 1. The average molecular weight is 308 g/mol. The SMILES string of the molecule is Cc1nnc2sc(C(=O)NCCCC(C)O)c(N)c2c1C. The highest BCUT2D eigenvalue weighted by Gasteiger charge is 2.19. The van der Waals surface area contributed by atoms with Crippen molar-refractivity contribution in [3.8, 4) is 0 Å². The molecule has 2 aromatic rings. The number of aromatic nitrogens is 2. The zero-order valence-corrected chi connectivity index (χ0v) is 13.3. The molecule has 0 aromatic carbocycles. The molecule has 4 N–H and O–H groups in total. The number of nitrogen functional groups attached to an aromatic ring is 1. The fourth-order valence-electron chi connectivity index (χ4n) is 2.09. The molecule has 0 spiro atoms. The standard InChI is InChI=1S/C14H20N4O2S/c1-7(19)5-4-6-16-13(20)12-11(15)10-8(2)9(3)17-18-14(10)21-12/h7,19H,4-6,15H2,1-3H3,(H,16,20). The first-order chi connectivity index (χ1) is 9.91. The first-order valence-electron chi connectivity index (χ1n) is 6.90. The van der Waals surface area contributed by atoms with Crippen molar-refractivity contribution in [2.45, 2.75) is 39.7 Å². The fourth-order valence-corrected chi connectivity index (χ4v) is 3.11. The van der Waals surface area contributed by atoms with Crippen LogP contribution in [-0.2, 0) is 0 Å². The first-order valence-corrected chi connectivity index (χ1v) is 7.71. The largest absolute Gasteiger partial charge is 0.397 e. The van der Waals surface area contributed by atoms with E-state index in [-0.39, 0.29) is 12.0 Å². The molecule has 1 atom stereocenters. The average Bonchev–Trinajstić information content (AvgIpc) is 2.76. The Bertz CT molecular complexity index is 667. The third kappa shape index (κ3) is 3.30. The molecule has 114 valence electrons. The number of amides is 1. The third-order valence-corrected chi connectivity index (χ3v) is 4.51. The van der Waals surface area contributed by atoms with Crippen molar-refractivity contribution in [2.75, 3.05) is 12.3 Å². The Morgan fingerprint density at radius 1 is 1.43 bits per heavy atom. The van der Waals surface area contributed by atoms with Crippen LogP contribution >= 0.6 is 11.3 Å². The Labute approximate surface area is 127 Å². The van der Waals surface area contributed by atoms with E-state index in [2.05, 4.69) is 15.5 Å². The molecule has 2 rings (SSSR count). The van der Waals surface area contributed by atoms with Crippen molar-refractivity contribution < 1.29 is 9.90 Å². The van der Waals surface area contributed by atoms with Gasteiger partial charge in [0.15, 0.2) is 0 Å². The Morgan fingerprint density at radius 3 is 2.81 bits per heavy atom. The van der Waals surface area contributed by atoms with Crippen molar-refractivity contribution in [2.24, 2.45) is 0 Å². The molecule has 2 aromatic heterocycles. The van der Waals surface area contributed by atoms with E-state index in [1.54, 1.807) is 6.92 Å². The Kier molecular flexibility index (Phi) is 4.74. The van der Waals surface area contributed by atoms with Gasteiger partial charge in [-0.3, -0.25) is 4.79 Å². The third-order valence-electron chi connectivity index (χ3n) is 3.43. The lowest BCUT2D eigenvalue weighted by Crippen LogP contribution is -2.24. The molecular formula is C14H20N4O2S. The van der Waals surface area contributed by atoms with E-state index in [1.165, 1.54) is 11.3 Å². The molecule has 7 heteroatoms. The number of nitrogens with two attached hydrogens (primary N) is 1. The number of aliphatic hydroxyl groups excluding tert-OH is 1. The van der Waals surface area contributed by atoms with Crippen LogP contribution in [0.5, 0.6) is 0 Å². The van der Waals surface area contributed by atoms with Crippen LogP contribution in [0.2, 0.25) is 0 Å². The second-order valence-corrected chi connectivity index (χ2v) is 6.18. The van der Waals surface area contributed by atoms with Crippen LogP contribution < -0.4 is 11.1 Å². The zero-order valence-electron chi connectivity index (χ0n) is 12.4. The van der Waals surface area contributed by atoms with Gasteiger partial charge in [0.05, 0.1) is 17.5 Å². The fraction of sp³-hybridized carbons (Fsp3) is 0.500. The number of fused-ring (bicyclic) bond motifs is 1. The number of nitrogens with one attached hydrogen (secondary N) is 1. The molecule has 0 aliphatic heterocycles. The minimum atomic E-state index is -0.350. The van der Waals surface area contributed by atoms with E-state index in [1.807, 2.05) is 13.8 Å². The minimum Gasteiger partial charge on any atom is -0.397 e. The van der Waals surface area contributed by atoms with Gasteiger partial charge >= 0.3 is 0 Å². The van der Waals surface area contributed by atoms with E-state index in [0.29, 0.717) is 28.4 Å². The van der Waals surface area contributed by atoms with E-state index in [9.17, 15) is 9.90 Å². The highest BCUT2D eigenvalue weighted by Crippen LogP contribution is 2.34. The number of hydrogen-bond acceptors (Lipinski definition) is 6. The van der Waals surface area contributed by atoms with Crippen molar-refractivity contribution >= 4 is 33.1 Å². The summed E-state index contributed by atoms with van der Waals surface area (Å²) >= 11 is 1.26. The molecule has 0 radical (unpaired) electrons. The monoisotopic (exact) mass is 308 g/mol. The van der Waals surface area contributed by atoms with Crippen molar-refractivity contribution in [3.05, 3.63) is 16.1 Å². The van der Waals surface area contributed by atoms with Crippen LogP contribution in [-0.4, -0.2) is 33.9 Å². The molecule has 0 bridgehead atoms. The number of aryl methyl sites for hydroxylation is 2. The Balaban J connectivity index is 2.17. The Hall–Kier alpha value is -1.73. The molecule has 0 saturated carbocycles. The molecule has 0 fully saturated rings. The van der Waals surface area contributed by atoms with E-state index >= 15 is 0 Å². The maximum atomic E-state index is 12.2. The topological polar surface area (TPSA) is 101 Å². The zero-order chi connectivity index (χ0) is 15.6. The van der Waals surface area contributed by atoms with E-state index in [4.69, 9.17) is 5.73 Å². The molecule has 2 heterocycles. The lowest BCUT2D eigenvalue weighted by molar-refractivity contribution is 0.0954. The van der Waals surface area contributed by atoms with Crippen LogP contribution in [0.25, 0.3) is 10.2 Å². The summed E-state index contributed by atoms with van der Waals surface area (Å²) in [5, 5.41) is 21.0. The summed E-state index contributed by atoms with van der Waals surface area (Å²) in [6.45, 7) is 6.05. The van der Waals surface area contributed by atoms with Gasteiger partial charge in [-0.05, 0) is 39.2 Å². The van der Waals surface area contributed by atoms with Crippen LogP contribution in [0.1, 0.15) is 40.7 Å². The van der Waals surface area contributed by atoms with Crippen molar-refractivity contribution in [1.82, 2.24) is 15.5 Å². The molecule has 21 heavy (non-hydrogen) atoms. The summed E-state index contributed by atoms with van der Waals surface area (Å²) in [6.07, 6.45) is 1.04. The molecule has 6 nitrogen and oxygen atoms in total. The summed E-state index contributed by atoms with van der Waals surface area (Å²) in [5.41, 5.74) is 8.35. The predicted molar refractivity (Wildman–Crippen MR) is 84.5 cm³/mol. The van der Waals surface area contributed by atoms with Gasteiger partial charge in [0, 0.05) is 11.9 Å². The van der Waals surface area contributed by atoms with Gasteiger partial charge < -0.3 is 16.2 Å². The molecule has 0 aliphatic carbocycles. The maximum Gasteiger partial charge on any atom is 0.263 e. The molecular weight excluding hydrogens is 288 g/mol. The number of rotatable bonds is 5. The highest BCUT2D eigenvalue weighted by atomic mass is 32.1. The van der Waals surface area contributed by atoms with Gasteiger partial charge in [0.25, 0.3) is 5.91 Å². The van der Waals surface area contributed by atoms with Gasteiger partial charge in [-0.25, -0.2) is 0 Å². The second kappa shape index (κ2) is 6.36. The summed E-state index contributed by atoms with van der Waals surface area (Å²) in [4.78, 5) is 13.3. The predicted octanol–water partition coefficient (Wildman–Crippen LogP) is 1.78. The normalized spacial score (nSPS) is 12.6. The molecule has 1 amide bonds. The van der Waals surface area contributed by atoms with Gasteiger partial charge in [-0.2, -0.15) is 5.10 Å². The van der Waals surface area contributed by atoms with Gasteiger partial charge in [0.1, 0.15) is 9.71 Å². The first kappa shape index (κ1) is 15.7. The van der Waals surface area contributed by atoms with E-state index < -0.39 is 0 Å². The summed E-state index contributed by atoms with van der Waals surface area (Å²) in [6, 6.07) is 0. The van der Waals surface area contributed by atoms with Crippen molar-refractivity contribution in [3.63, 3.8) is 0 Å².